The zero-order valence-electron chi connectivity index (χ0n) is 12.5. The molecule has 1 aliphatic rings. The normalized spacial score (nSPS) is 13.0. The molecule has 0 amide bonds. The van der Waals surface area contributed by atoms with Crippen LogP contribution >= 0.6 is 0 Å². The molecular weight excluding hydrogens is 260 g/mol. The Hall–Kier alpha value is -2.16. The lowest BCUT2D eigenvalue weighted by molar-refractivity contribution is 0.323. The highest BCUT2D eigenvalue weighted by molar-refractivity contribution is 5.59. The molecule has 0 radical (unpaired) electrons. The number of nitrogens with one attached hydrogen (secondary N) is 1. The Balaban J connectivity index is 1.53. The number of para-hydroxylation sites is 1. The van der Waals surface area contributed by atoms with Gasteiger partial charge in [0.1, 0.15) is 12.4 Å². The van der Waals surface area contributed by atoms with Crippen LogP contribution in [0.15, 0.2) is 48.5 Å². The maximum atomic E-state index is 5.61. The van der Waals surface area contributed by atoms with Crippen molar-refractivity contribution < 1.29 is 4.74 Å². The Morgan fingerprint density at radius 1 is 1.14 bits per heavy atom. The second-order valence-electron chi connectivity index (χ2n) is 5.47. The molecule has 1 aliphatic heterocycles. The largest absolute Gasteiger partial charge is 0.490 e. The second-order valence-corrected chi connectivity index (χ2v) is 5.47. The third-order valence-corrected chi connectivity index (χ3v) is 3.87. The number of anilines is 2. The van der Waals surface area contributed by atoms with Crippen LogP contribution in [0.25, 0.3) is 0 Å². The fraction of sp³-hybridized carbons (Fsp3) is 0.333. The van der Waals surface area contributed by atoms with Crippen molar-refractivity contribution in [1.29, 1.82) is 0 Å². The van der Waals surface area contributed by atoms with Gasteiger partial charge in [-0.2, -0.15) is 0 Å². The average molecular weight is 282 g/mol. The summed E-state index contributed by atoms with van der Waals surface area (Å²) in [5.41, 5.74) is 3.78. The third kappa shape index (κ3) is 3.48. The van der Waals surface area contributed by atoms with Crippen LogP contribution in [0.3, 0.4) is 0 Å². The van der Waals surface area contributed by atoms with Crippen LogP contribution in [0.1, 0.15) is 12.0 Å². The van der Waals surface area contributed by atoms with Gasteiger partial charge in [0.15, 0.2) is 0 Å². The lowest BCUT2D eigenvalue weighted by Gasteiger charge is -2.21. The first kappa shape index (κ1) is 13.8. The molecule has 0 atom stereocenters. The van der Waals surface area contributed by atoms with Gasteiger partial charge >= 0.3 is 0 Å². The molecule has 3 rings (SSSR count). The van der Waals surface area contributed by atoms with Gasteiger partial charge in [0.25, 0.3) is 0 Å². The first-order chi connectivity index (χ1) is 10.3. The molecule has 0 aliphatic carbocycles. The van der Waals surface area contributed by atoms with Crippen molar-refractivity contribution in [1.82, 2.24) is 0 Å². The standard InChI is InChI=1S/C18H22N2O/c1-20(16-7-3-2-4-8-16)12-5-6-15-9-10-18-17(14-15)19-11-13-21-18/h2-4,7-10,14,19H,5-6,11-13H2,1H3. The fourth-order valence-electron chi connectivity index (χ4n) is 2.68. The molecule has 0 unspecified atom stereocenters. The number of fused-ring (bicyclic) bond motifs is 1. The molecule has 1 N–H and O–H groups in total. The molecule has 0 saturated carbocycles. The number of rotatable bonds is 5. The van der Waals surface area contributed by atoms with Crippen molar-refractivity contribution in [3.8, 4) is 5.75 Å². The maximum Gasteiger partial charge on any atom is 0.142 e. The quantitative estimate of drug-likeness (QED) is 0.907. The summed E-state index contributed by atoms with van der Waals surface area (Å²) in [5.74, 6) is 0.978. The molecule has 3 nitrogen and oxygen atoms in total. The van der Waals surface area contributed by atoms with E-state index in [1.54, 1.807) is 0 Å². The highest BCUT2D eigenvalue weighted by Gasteiger charge is 2.09. The maximum absolute atomic E-state index is 5.61. The topological polar surface area (TPSA) is 24.5 Å². The Kier molecular flexibility index (Phi) is 4.29. The number of hydrogen-bond acceptors (Lipinski definition) is 3. The molecule has 3 heteroatoms. The summed E-state index contributed by atoms with van der Waals surface area (Å²) in [5, 5.41) is 3.39. The molecule has 0 spiro atoms. The van der Waals surface area contributed by atoms with Gasteiger partial charge in [-0.1, -0.05) is 24.3 Å². The SMILES string of the molecule is CN(CCCc1ccc2c(c1)NCCO2)c1ccccc1. The van der Waals surface area contributed by atoms with Gasteiger partial charge in [-0.25, -0.2) is 0 Å². The number of ether oxygens (including phenoxy) is 1. The Morgan fingerprint density at radius 2 is 2.00 bits per heavy atom. The number of benzene rings is 2. The van der Waals surface area contributed by atoms with Gasteiger partial charge in [0.2, 0.25) is 0 Å². The van der Waals surface area contributed by atoms with Gasteiger partial charge in [0, 0.05) is 25.8 Å². The number of aryl methyl sites for hydroxylation is 1. The van der Waals surface area contributed by atoms with Crippen molar-refractivity contribution in [2.75, 3.05) is 37.0 Å². The summed E-state index contributed by atoms with van der Waals surface area (Å²) in [4.78, 5) is 2.31. The van der Waals surface area contributed by atoms with E-state index in [1.807, 2.05) is 0 Å². The molecule has 0 bridgehead atoms. The molecule has 2 aromatic carbocycles. The van der Waals surface area contributed by atoms with E-state index in [1.165, 1.54) is 11.3 Å². The smallest absolute Gasteiger partial charge is 0.142 e. The molecular formula is C18H22N2O. The van der Waals surface area contributed by atoms with E-state index in [9.17, 15) is 0 Å². The van der Waals surface area contributed by atoms with Crippen LogP contribution in [0.2, 0.25) is 0 Å². The van der Waals surface area contributed by atoms with Crippen molar-refractivity contribution in [2.45, 2.75) is 12.8 Å². The molecule has 1 heterocycles. The van der Waals surface area contributed by atoms with Gasteiger partial charge in [0.05, 0.1) is 5.69 Å². The van der Waals surface area contributed by atoms with Crippen LogP contribution in [0.5, 0.6) is 5.75 Å². The van der Waals surface area contributed by atoms with E-state index in [0.29, 0.717) is 0 Å². The predicted molar refractivity (Wildman–Crippen MR) is 88.5 cm³/mol. The van der Waals surface area contributed by atoms with Gasteiger partial charge in [-0.3, -0.25) is 0 Å². The minimum Gasteiger partial charge on any atom is -0.490 e. The summed E-state index contributed by atoms with van der Waals surface area (Å²) in [6, 6.07) is 17.0. The molecule has 110 valence electrons. The van der Waals surface area contributed by atoms with Crippen molar-refractivity contribution in [3.05, 3.63) is 54.1 Å². The number of nitrogens with zero attached hydrogens (tertiary/aromatic N) is 1. The summed E-state index contributed by atoms with van der Waals surface area (Å²) in [6.45, 7) is 2.71. The average Bonchev–Trinajstić information content (AvgIpc) is 2.55. The summed E-state index contributed by atoms with van der Waals surface area (Å²) in [6.07, 6.45) is 2.23. The zero-order chi connectivity index (χ0) is 14.5. The third-order valence-electron chi connectivity index (χ3n) is 3.87. The van der Waals surface area contributed by atoms with Crippen molar-refractivity contribution in [2.24, 2.45) is 0 Å². The molecule has 0 fully saturated rings. The monoisotopic (exact) mass is 282 g/mol. The number of hydrogen-bond donors (Lipinski definition) is 1. The Morgan fingerprint density at radius 3 is 2.86 bits per heavy atom. The minimum atomic E-state index is 0.758. The van der Waals surface area contributed by atoms with Crippen molar-refractivity contribution >= 4 is 11.4 Å². The molecule has 0 saturated heterocycles. The van der Waals surface area contributed by atoms with E-state index in [2.05, 4.69) is 65.8 Å². The minimum absolute atomic E-state index is 0.758. The van der Waals surface area contributed by atoms with Crippen LogP contribution < -0.4 is 15.0 Å². The zero-order valence-corrected chi connectivity index (χ0v) is 12.5. The van der Waals surface area contributed by atoms with Crippen LogP contribution in [0, 0.1) is 0 Å². The fourth-order valence-corrected chi connectivity index (χ4v) is 2.68. The summed E-state index contributed by atoms with van der Waals surface area (Å²) in [7, 11) is 2.15. The molecule has 0 aromatic heterocycles. The van der Waals surface area contributed by atoms with Crippen LogP contribution in [-0.2, 0) is 6.42 Å². The van der Waals surface area contributed by atoms with E-state index >= 15 is 0 Å². The van der Waals surface area contributed by atoms with E-state index in [4.69, 9.17) is 4.74 Å². The Labute approximate surface area is 126 Å². The highest BCUT2D eigenvalue weighted by Crippen LogP contribution is 2.28. The predicted octanol–water partition coefficient (Wildman–Crippen LogP) is 3.56. The van der Waals surface area contributed by atoms with Crippen LogP contribution in [-0.4, -0.2) is 26.7 Å². The first-order valence-corrected chi connectivity index (χ1v) is 7.59. The Bertz CT molecular complexity index is 583. The molecule has 21 heavy (non-hydrogen) atoms. The summed E-state index contributed by atoms with van der Waals surface area (Å²) < 4.78 is 5.61. The van der Waals surface area contributed by atoms with E-state index < -0.39 is 0 Å². The van der Waals surface area contributed by atoms with Gasteiger partial charge < -0.3 is 15.0 Å². The summed E-state index contributed by atoms with van der Waals surface area (Å²) >= 11 is 0. The molecule has 2 aromatic rings. The lowest BCUT2D eigenvalue weighted by Crippen LogP contribution is -2.19. The van der Waals surface area contributed by atoms with Gasteiger partial charge in [-0.05, 0) is 42.7 Å². The second kappa shape index (κ2) is 6.53. The highest BCUT2D eigenvalue weighted by atomic mass is 16.5. The van der Waals surface area contributed by atoms with Crippen molar-refractivity contribution in [3.63, 3.8) is 0 Å². The first-order valence-electron chi connectivity index (χ1n) is 7.59. The van der Waals surface area contributed by atoms with E-state index in [-0.39, 0.29) is 0 Å². The van der Waals surface area contributed by atoms with E-state index in [0.717, 1.165) is 44.0 Å². The van der Waals surface area contributed by atoms with Gasteiger partial charge in [-0.15, -0.1) is 0 Å². The lowest BCUT2D eigenvalue weighted by atomic mass is 10.1. The van der Waals surface area contributed by atoms with Crippen LogP contribution in [0.4, 0.5) is 11.4 Å².